The zero-order chi connectivity index (χ0) is 20.1. The molecular formula is C24H24N2O3. The molecule has 2 aromatic carbocycles. The fourth-order valence-electron chi connectivity index (χ4n) is 5.57. The van der Waals surface area contributed by atoms with E-state index in [4.69, 9.17) is 0 Å². The van der Waals surface area contributed by atoms with E-state index >= 15 is 0 Å². The number of aryl methyl sites for hydroxylation is 1. The van der Waals surface area contributed by atoms with Crippen LogP contribution in [0.1, 0.15) is 42.1 Å². The molecule has 1 aliphatic heterocycles. The lowest BCUT2D eigenvalue weighted by Gasteiger charge is -2.19. The highest BCUT2D eigenvalue weighted by Gasteiger charge is 2.61. The van der Waals surface area contributed by atoms with Crippen molar-refractivity contribution in [2.24, 2.45) is 23.7 Å². The Hall–Kier alpha value is -2.95. The maximum atomic E-state index is 12.9. The predicted molar refractivity (Wildman–Crippen MR) is 111 cm³/mol. The van der Waals surface area contributed by atoms with Gasteiger partial charge in [-0.2, -0.15) is 0 Å². The third-order valence-electron chi connectivity index (χ3n) is 6.96. The van der Waals surface area contributed by atoms with Crippen molar-refractivity contribution in [2.45, 2.75) is 32.6 Å². The Morgan fingerprint density at radius 3 is 2.21 bits per heavy atom. The lowest BCUT2D eigenvalue weighted by Crippen LogP contribution is -2.32. The number of amides is 3. The fourth-order valence-corrected chi connectivity index (χ4v) is 5.57. The van der Waals surface area contributed by atoms with E-state index in [0.717, 1.165) is 36.9 Å². The molecule has 2 saturated carbocycles. The van der Waals surface area contributed by atoms with Crippen molar-refractivity contribution in [3.05, 3.63) is 59.7 Å². The van der Waals surface area contributed by atoms with Gasteiger partial charge in [0.05, 0.1) is 17.5 Å². The molecule has 0 aromatic heterocycles. The molecule has 2 aromatic rings. The van der Waals surface area contributed by atoms with Crippen molar-refractivity contribution >= 4 is 29.1 Å². The number of carbonyl (C=O) groups is 3. The van der Waals surface area contributed by atoms with Crippen LogP contribution in [0.15, 0.2) is 48.5 Å². The minimum absolute atomic E-state index is 0.0544. The topological polar surface area (TPSA) is 66.5 Å². The largest absolute Gasteiger partial charge is 0.322 e. The van der Waals surface area contributed by atoms with Crippen LogP contribution in [0.3, 0.4) is 0 Å². The van der Waals surface area contributed by atoms with Gasteiger partial charge in [0.1, 0.15) is 0 Å². The van der Waals surface area contributed by atoms with E-state index in [1.165, 1.54) is 4.90 Å². The molecular weight excluding hydrogens is 364 g/mol. The Labute approximate surface area is 170 Å². The third kappa shape index (κ3) is 2.79. The maximum absolute atomic E-state index is 12.9. The van der Waals surface area contributed by atoms with Crippen molar-refractivity contribution in [2.75, 3.05) is 10.2 Å². The van der Waals surface area contributed by atoms with Gasteiger partial charge in [0.15, 0.2) is 0 Å². The van der Waals surface area contributed by atoms with E-state index in [2.05, 4.69) is 5.32 Å². The smallest absolute Gasteiger partial charge is 0.255 e. The molecule has 4 atom stereocenters. The summed E-state index contributed by atoms with van der Waals surface area (Å²) in [5.74, 6) is 0.170. The van der Waals surface area contributed by atoms with E-state index in [-0.39, 0.29) is 29.6 Å². The van der Waals surface area contributed by atoms with Crippen LogP contribution in [0.5, 0.6) is 0 Å². The molecule has 5 nitrogen and oxygen atoms in total. The van der Waals surface area contributed by atoms with Gasteiger partial charge in [0.25, 0.3) is 5.91 Å². The number of imide groups is 1. The number of carbonyl (C=O) groups excluding carboxylic acids is 3. The SMILES string of the molecule is CCc1ccccc1NC(=O)c1ccc(N2C(=O)[C@@H]3[C@H]4CC[C@@H](C4)[C@H]3C2=O)cc1. The van der Waals surface area contributed by atoms with E-state index in [1.807, 2.05) is 31.2 Å². The Kier molecular flexibility index (Phi) is 4.26. The number of nitrogens with one attached hydrogen (secondary N) is 1. The van der Waals surface area contributed by atoms with Crippen LogP contribution in [0.2, 0.25) is 0 Å². The van der Waals surface area contributed by atoms with Crippen molar-refractivity contribution in [1.82, 2.24) is 0 Å². The zero-order valence-corrected chi connectivity index (χ0v) is 16.4. The molecule has 1 saturated heterocycles. The van der Waals surface area contributed by atoms with Crippen molar-refractivity contribution in [1.29, 1.82) is 0 Å². The molecule has 5 rings (SSSR count). The van der Waals surface area contributed by atoms with Gasteiger partial charge in [-0.1, -0.05) is 25.1 Å². The van der Waals surface area contributed by atoms with Crippen molar-refractivity contribution in [3.63, 3.8) is 0 Å². The van der Waals surface area contributed by atoms with Crippen LogP contribution >= 0.6 is 0 Å². The monoisotopic (exact) mass is 388 g/mol. The summed E-state index contributed by atoms with van der Waals surface area (Å²) >= 11 is 0. The molecule has 3 amide bonds. The normalized spacial score (nSPS) is 27.4. The number of nitrogens with zero attached hydrogens (tertiary/aromatic N) is 1. The molecule has 2 bridgehead atoms. The number of rotatable bonds is 4. The van der Waals surface area contributed by atoms with E-state index in [9.17, 15) is 14.4 Å². The molecule has 5 heteroatoms. The third-order valence-corrected chi connectivity index (χ3v) is 6.96. The molecule has 2 aliphatic carbocycles. The van der Waals surface area contributed by atoms with Crippen molar-refractivity contribution < 1.29 is 14.4 Å². The van der Waals surface area contributed by atoms with Gasteiger partial charge >= 0.3 is 0 Å². The first-order chi connectivity index (χ1) is 14.1. The van der Waals surface area contributed by atoms with E-state index in [0.29, 0.717) is 23.1 Å². The fraction of sp³-hybridized carbons (Fsp3) is 0.375. The second kappa shape index (κ2) is 6.83. The van der Waals surface area contributed by atoms with Crippen LogP contribution in [0, 0.1) is 23.7 Å². The summed E-state index contributed by atoms with van der Waals surface area (Å²) in [4.78, 5) is 39.9. The average Bonchev–Trinajstić information content (AvgIpc) is 3.42. The average molecular weight is 388 g/mol. The number of anilines is 2. The zero-order valence-electron chi connectivity index (χ0n) is 16.4. The van der Waals surface area contributed by atoms with E-state index < -0.39 is 0 Å². The van der Waals surface area contributed by atoms with Gasteiger partial charge in [-0.15, -0.1) is 0 Å². The molecule has 148 valence electrons. The number of hydrogen-bond acceptors (Lipinski definition) is 3. The summed E-state index contributed by atoms with van der Waals surface area (Å²) in [5.41, 5.74) is 2.95. The first kappa shape index (κ1) is 18.1. The highest BCUT2D eigenvalue weighted by Crippen LogP contribution is 2.56. The summed E-state index contributed by atoms with van der Waals surface area (Å²) < 4.78 is 0. The van der Waals surface area contributed by atoms with Crippen molar-refractivity contribution in [3.8, 4) is 0 Å². The quantitative estimate of drug-likeness (QED) is 0.804. The molecule has 0 spiro atoms. The van der Waals surface area contributed by atoms with Crippen LogP contribution < -0.4 is 10.2 Å². The Morgan fingerprint density at radius 1 is 0.966 bits per heavy atom. The highest BCUT2D eigenvalue weighted by molar-refractivity contribution is 6.22. The molecule has 3 fully saturated rings. The second-order valence-corrected chi connectivity index (χ2v) is 8.41. The van der Waals surface area contributed by atoms with Gasteiger partial charge < -0.3 is 5.32 Å². The highest BCUT2D eigenvalue weighted by atomic mass is 16.2. The van der Waals surface area contributed by atoms with Gasteiger partial charge in [-0.25, -0.2) is 0 Å². The molecule has 1 N–H and O–H groups in total. The summed E-state index contributed by atoms with van der Waals surface area (Å²) in [7, 11) is 0. The first-order valence-electron chi connectivity index (χ1n) is 10.5. The van der Waals surface area contributed by atoms with Gasteiger partial charge in [0.2, 0.25) is 11.8 Å². The van der Waals surface area contributed by atoms with Crippen LogP contribution in [0.25, 0.3) is 0 Å². The van der Waals surface area contributed by atoms with Gasteiger partial charge in [-0.3, -0.25) is 19.3 Å². The Morgan fingerprint density at radius 2 is 1.59 bits per heavy atom. The lowest BCUT2D eigenvalue weighted by molar-refractivity contribution is -0.123. The summed E-state index contributed by atoms with van der Waals surface area (Å²) in [5, 5.41) is 2.95. The summed E-state index contributed by atoms with van der Waals surface area (Å²) in [6.07, 6.45) is 3.99. The second-order valence-electron chi connectivity index (χ2n) is 8.41. The number of hydrogen-bond donors (Lipinski definition) is 1. The van der Waals surface area contributed by atoms with Gasteiger partial charge in [0, 0.05) is 11.3 Å². The lowest BCUT2D eigenvalue weighted by atomic mass is 9.81. The first-order valence-corrected chi connectivity index (χ1v) is 10.5. The molecule has 1 heterocycles. The number of para-hydroxylation sites is 1. The minimum atomic E-state index is -0.202. The Balaban J connectivity index is 1.35. The Bertz CT molecular complexity index is 969. The van der Waals surface area contributed by atoms with Crippen LogP contribution in [-0.4, -0.2) is 17.7 Å². The maximum Gasteiger partial charge on any atom is 0.255 e. The number of benzene rings is 2. The molecule has 0 radical (unpaired) electrons. The minimum Gasteiger partial charge on any atom is -0.322 e. The van der Waals surface area contributed by atoms with Gasteiger partial charge in [-0.05, 0) is 73.4 Å². The predicted octanol–water partition coefficient (Wildman–Crippen LogP) is 4.04. The van der Waals surface area contributed by atoms with E-state index in [1.54, 1.807) is 24.3 Å². The number of fused-ring (bicyclic) bond motifs is 5. The molecule has 3 aliphatic rings. The molecule has 0 unspecified atom stereocenters. The summed E-state index contributed by atoms with van der Waals surface area (Å²) in [6.45, 7) is 2.05. The summed E-state index contributed by atoms with van der Waals surface area (Å²) in [6, 6.07) is 14.5. The van der Waals surface area contributed by atoms with Crippen LogP contribution in [0.4, 0.5) is 11.4 Å². The van der Waals surface area contributed by atoms with Crippen LogP contribution in [-0.2, 0) is 16.0 Å². The standard InChI is InChI=1S/C24H24N2O3/c1-2-14-5-3-4-6-19(14)25-22(27)15-9-11-18(12-10-15)26-23(28)20-16-7-8-17(13-16)21(20)24(26)29/h3-6,9-12,16-17,20-21H,2,7-8,13H2,1H3,(H,25,27)/t16-,17-,20+,21+/m0/s1. The molecule has 29 heavy (non-hydrogen) atoms.